The van der Waals surface area contributed by atoms with E-state index in [4.69, 9.17) is 10.3 Å². The van der Waals surface area contributed by atoms with E-state index in [-0.39, 0.29) is 17.1 Å². The minimum Gasteiger partial charge on any atom is -0.380 e. The van der Waals surface area contributed by atoms with Gasteiger partial charge in [-0.15, -0.1) is 0 Å². The Kier molecular flexibility index (Phi) is 2.59. The first kappa shape index (κ1) is 10.3. The second-order valence-corrected chi connectivity index (χ2v) is 3.91. The Morgan fingerprint density at radius 1 is 1.33 bits per heavy atom. The summed E-state index contributed by atoms with van der Waals surface area (Å²) in [5.41, 5.74) is 5.59. The molecule has 6 heteroatoms. The van der Waals surface area contributed by atoms with Crippen molar-refractivity contribution in [3.8, 4) is 11.3 Å². The Hall–Kier alpha value is -1.18. The molecule has 0 spiro atoms. The number of halogens is 3. The highest BCUT2D eigenvalue weighted by molar-refractivity contribution is 14.1. The molecule has 0 aliphatic heterocycles. The predicted octanol–water partition coefficient (Wildman–Crippen LogP) is 2.81. The molecule has 0 radical (unpaired) electrons. The molecule has 1 heterocycles. The van der Waals surface area contributed by atoms with Crippen molar-refractivity contribution in [3.63, 3.8) is 0 Å². The molecule has 78 valence electrons. The van der Waals surface area contributed by atoms with Crippen LogP contribution in [0.3, 0.4) is 0 Å². The molecule has 0 aliphatic rings. The van der Waals surface area contributed by atoms with Crippen molar-refractivity contribution in [2.75, 3.05) is 5.73 Å². The van der Waals surface area contributed by atoms with E-state index >= 15 is 0 Å². The van der Waals surface area contributed by atoms with Gasteiger partial charge in [0.2, 0.25) is 0 Å². The number of nitrogens with two attached hydrogens (primary N) is 1. The summed E-state index contributed by atoms with van der Waals surface area (Å²) in [5, 5.41) is 3.49. The zero-order valence-corrected chi connectivity index (χ0v) is 9.46. The van der Waals surface area contributed by atoms with Crippen molar-refractivity contribution in [2.24, 2.45) is 0 Å². The summed E-state index contributed by atoms with van der Waals surface area (Å²) in [4.78, 5) is 0. The summed E-state index contributed by atoms with van der Waals surface area (Å²) < 4.78 is 31.4. The molecule has 0 bridgehead atoms. The second-order valence-electron chi connectivity index (χ2n) is 2.84. The second kappa shape index (κ2) is 3.76. The van der Waals surface area contributed by atoms with Gasteiger partial charge in [0.25, 0.3) is 0 Å². The third-order valence-electron chi connectivity index (χ3n) is 1.84. The summed E-state index contributed by atoms with van der Waals surface area (Å²) in [7, 11) is 0. The standard InChI is InChI=1S/C9H5F2IN2O/c10-4-1-2-5(6(11)3-4)8-7(12)9(13)14-15-8/h1-3H,(H2,13,14). The summed E-state index contributed by atoms with van der Waals surface area (Å²) in [5.74, 6) is -0.942. The van der Waals surface area contributed by atoms with Gasteiger partial charge in [0, 0.05) is 6.07 Å². The Bertz CT molecular complexity index is 513. The lowest BCUT2D eigenvalue weighted by Crippen LogP contribution is -1.88. The molecule has 15 heavy (non-hydrogen) atoms. The lowest BCUT2D eigenvalue weighted by molar-refractivity contribution is 0.432. The van der Waals surface area contributed by atoms with Crippen molar-refractivity contribution in [2.45, 2.75) is 0 Å². The van der Waals surface area contributed by atoms with E-state index in [1.165, 1.54) is 6.07 Å². The molecule has 0 saturated carbocycles. The van der Waals surface area contributed by atoms with E-state index in [9.17, 15) is 8.78 Å². The SMILES string of the molecule is Nc1noc(-c2ccc(F)cc2F)c1I. The van der Waals surface area contributed by atoms with Crippen LogP contribution in [0.1, 0.15) is 0 Å². The molecule has 0 unspecified atom stereocenters. The van der Waals surface area contributed by atoms with Gasteiger partial charge in [-0.05, 0) is 34.7 Å². The first-order chi connectivity index (χ1) is 7.09. The van der Waals surface area contributed by atoms with Crippen LogP contribution in [0.4, 0.5) is 14.6 Å². The first-order valence-corrected chi connectivity index (χ1v) is 5.03. The number of benzene rings is 1. The fourth-order valence-corrected chi connectivity index (χ4v) is 1.62. The maximum absolute atomic E-state index is 13.4. The van der Waals surface area contributed by atoms with Gasteiger partial charge < -0.3 is 10.3 Å². The van der Waals surface area contributed by atoms with Crippen LogP contribution in [0.2, 0.25) is 0 Å². The van der Waals surface area contributed by atoms with Crippen molar-refractivity contribution < 1.29 is 13.3 Å². The zero-order valence-electron chi connectivity index (χ0n) is 7.30. The highest BCUT2D eigenvalue weighted by Gasteiger charge is 2.16. The van der Waals surface area contributed by atoms with Gasteiger partial charge in [0.05, 0.1) is 5.56 Å². The summed E-state index contributed by atoms with van der Waals surface area (Å²) in [6, 6.07) is 3.21. The van der Waals surface area contributed by atoms with Gasteiger partial charge in [-0.3, -0.25) is 0 Å². The average Bonchev–Trinajstić information content (AvgIpc) is 2.49. The number of anilines is 1. The van der Waals surface area contributed by atoms with Gasteiger partial charge in [-0.2, -0.15) is 0 Å². The molecule has 0 aliphatic carbocycles. The maximum Gasteiger partial charge on any atom is 0.185 e. The summed E-state index contributed by atoms with van der Waals surface area (Å²) in [6.45, 7) is 0. The van der Waals surface area contributed by atoms with Gasteiger partial charge >= 0.3 is 0 Å². The number of nitrogen functional groups attached to an aromatic ring is 1. The average molecular weight is 322 g/mol. The largest absolute Gasteiger partial charge is 0.380 e. The van der Waals surface area contributed by atoms with Crippen molar-refractivity contribution >= 4 is 28.4 Å². The number of nitrogens with zero attached hydrogens (tertiary/aromatic N) is 1. The van der Waals surface area contributed by atoms with Crippen LogP contribution in [0.5, 0.6) is 0 Å². The van der Waals surface area contributed by atoms with Crippen LogP contribution in [0.25, 0.3) is 11.3 Å². The highest BCUT2D eigenvalue weighted by atomic mass is 127. The van der Waals surface area contributed by atoms with E-state index in [0.717, 1.165) is 12.1 Å². The van der Waals surface area contributed by atoms with E-state index in [1.807, 2.05) is 22.6 Å². The Morgan fingerprint density at radius 2 is 2.07 bits per heavy atom. The highest BCUT2D eigenvalue weighted by Crippen LogP contribution is 2.30. The molecular formula is C9H5F2IN2O. The normalized spacial score (nSPS) is 10.6. The fraction of sp³-hybridized carbons (Fsp3) is 0. The molecule has 2 rings (SSSR count). The number of hydrogen-bond acceptors (Lipinski definition) is 3. The Morgan fingerprint density at radius 3 is 2.60 bits per heavy atom. The minimum absolute atomic E-state index is 0.144. The third kappa shape index (κ3) is 1.81. The number of rotatable bonds is 1. The van der Waals surface area contributed by atoms with Gasteiger partial charge in [0.15, 0.2) is 11.6 Å². The molecule has 1 aromatic carbocycles. The Balaban J connectivity index is 2.59. The Labute approximate surface area is 97.4 Å². The van der Waals surface area contributed by atoms with E-state index in [1.54, 1.807) is 0 Å². The fourth-order valence-electron chi connectivity index (χ4n) is 1.13. The molecule has 0 fully saturated rings. The molecule has 0 atom stereocenters. The van der Waals surface area contributed by atoms with Gasteiger partial charge in [-0.1, -0.05) is 5.16 Å². The molecule has 0 saturated heterocycles. The minimum atomic E-state index is -0.705. The topological polar surface area (TPSA) is 52.0 Å². The van der Waals surface area contributed by atoms with Crippen LogP contribution >= 0.6 is 22.6 Å². The maximum atomic E-state index is 13.4. The molecule has 1 aromatic heterocycles. The van der Waals surface area contributed by atoms with Gasteiger partial charge in [-0.25, -0.2) is 8.78 Å². The molecular weight excluding hydrogens is 317 g/mol. The van der Waals surface area contributed by atoms with Crippen LogP contribution in [-0.2, 0) is 0 Å². The summed E-state index contributed by atoms with van der Waals surface area (Å²) in [6.07, 6.45) is 0. The quantitative estimate of drug-likeness (QED) is 0.822. The van der Waals surface area contributed by atoms with Crippen LogP contribution in [-0.4, -0.2) is 5.16 Å². The lowest BCUT2D eigenvalue weighted by Gasteiger charge is -1.98. The van der Waals surface area contributed by atoms with Crippen molar-refractivity contribution in [1.29, 1.82) is 0 Å². The summed E-state index contributed by atoms with van der Waals surface area (Å²) >= 11 is 1.89. The number of aromatic nitrogens is 1. The van der Waals surface area contributed by atoms with Crippen LogP contribution in [0, 0.1) is 15.2 Å². The predicted molar refractivity (Wildman–Crippen MR) is 59.0 cm³/mol. The first-order valence-electron chi connectivity index (χ1n) is 3.95. The van der Waals surface area contributed by atoms with Crippen LogP contribution in [0.15, 0.2) is 22.7 Å². The smallest absolute Gasteiger partial charge is 0.185 e. The molecule has 0 amide bonds. The zero-order chi connectivity index (χ0) is 11.0. The van der Waals surface area contributed by atoms with Crippen molar-refractivity contribution in [1.82, 2.24) is 5.16 Å². The van der Waals surface area contributed by atoms with E-state index in [0.29, 0.717) is 3.57 Å². The van der Waals surface area contributed by atoms with Gasteiger partial charge in [0.1, 0.15) is 15.2 Å². The molecule has 3 nitrogen and oxygen atoms in total. The lowest BCUT2D eigenvalue weighted by atomic mass is 10.1. The third-order valence-corrected chi connectivity index (χ3v) is 2.88. The van der Waals surface area contributed by atoms with Crippen LogP contribution < -0.4 is 5.73 Å². The molecule has 2 N–H and O–H groups in total. The van der Waals surface area contributed by atoms with E-state index in [2.05, 4.69) is 5.16 Å². The monoisotopic (exact) mass is 322 g/mol. The number of hydrogen-bond donors (Lipinski definition) is 1. The molecule has 2 aromatic rings. The van der Waals surface area contributed by atoms with E-state index < -0.39 is 11.6 Å². The van der Waals surface area contributed by atoms with Crippen molar-refractivity contribution in [3.05, 3.63) is 33.4 Å².